The first-order valence-corrected chi connectivity index (χ1v) is 9.34. The Kier molecular flexibility index (Phi) is 6.81. The minimum absolute atomic E-state index is 0.0855. The van der Waals surface area contributed by atoms with Crippen LogP contribution in [0, 0.1) is 0 Å². The molecule has 150 valence electrons. The summed E-state index contributed by atoms with van der Waals surface area (Å²) in [7, 11) is 0. The van der Waals surface area contributed by atoms with Gasteiger partial charge in [0.15, 0.2) is 0 Å². The zero-order chi connectivity index (χ0) is 19.9. The molecule has 0 saturated carbocycles. The van der Waals surface area contributed by atoms with Crippen molar-refractivity contribution in [1.82, 2.24) is 9.80 Å². The van der Waals surface area contributed by atoms with Gasteiger partial charge in [-0.15, -0.1) is 0 Å². The number of nitrogens with zero attached hydrogens (tertiary/aromatic N) is 2. The number of hydrogen-bond donors (Lipinski definition) is 0. The summed E-state index contributed by atoms with van der Waals surface area (Å²) in [5, 5.41) is 0. The molecule has 1 aliphatic rings. The molecule has 1 amide bonds. The highest BCUT2D eigenvalue weighted by Crippen LogP contribution is 2.23. The van der Waals surface area contributed by atoms with Gasteiger partial charge in [-0.05, 0) is 36.8 Å². The van der Waals surface area contributed by atoms with Gasteiger partial charge >= 0.3 is 6.61 Å². The predicted octanol–water partition coefficient (Wildman–Crippen LogP) is 3.64. The van der Waals surface area contributed by atoms with Gasteiger partial charge in [0, 0.05) is 32.7 Å². The summed E-state index contributed by atoms with van der Waals surface area (Å²) in [6.45, 7) is 2.88. The molecule has 3 rings (SSSR count). The molecule has 0 radical (unpaired) electrons. The fourth-order valence-electron chi connectivity index (χ4n) is 3.28. The third-order valence-corrected chi connectivity index (χ3v) is 4.61. The van der Waals surface area contributed by atoms with Crippen LogP contribution in [0.1, 0.15) is 22.8 Å². The van der Waals surface area contributed by atoms with Crippen LogP contribution in [0.5, 0.6) is 11.5 Å². The number of ether oxygens (including phenoxy) is 2. The second-order valence-electron chi connectivity index (χ2n) is 6.52. The van der Waals surface area contributed by atoms with E-state index in [2.05, 4.69) is 15.7 Å². The average molecular weight is 390 g/mol. The van der Waals surface area contributed by atoms with Crippen LogP contribution in [0.15, 0.2) is 48.5 Å². The number of amides is 1. The number of piperazine rings is 1. The molecule has 7 heteroatoms. The second kappa shape index (κ2) is 9.50. The van der Waals surface area contributed by atoms with Gasteiger partial charge in [0.25, 0.3) is 5.91 Å². The SMILES string of the molecule is CCOc1cccc(CN2CCN(C(=O)c3ccccc3OC(F)F)CC2)c1. The lowest BCUT2D eigenvalue weighted by molar-refractivity contribution is -0.0503. The van der Waals surface area contributed by atoms with Gasteiger partial charge in [-0.1, -0.05) is 24.3 Å². The van der Waals surface area contributed by atoms with Crippen molar-refractivity contribution in [1.29, 1.82) is 0 Å². The van der Waals surface area contributed by atoms with Crippen molar-refractivity contribution in [2.45, 2.75) is 20.1 Å². The molecule has 28 heavy (non-hydrogen) atoms. The molecule has 2 aromatic carbocycles. The molecule has 0 spiro atoms. The maximum Gasteiger partial charge on any atom is 0.387 e. The van der Waals surface area contributed by atoms with Crippen LogP contribution in [0.25, 0.3) is 0 Å². The van der Waals surface area contributed by atoms with Crippen molar-refractivity contribution >= 4 is 5.91 Å². The van der Waals surface area contributed by atoms with E-state index in [1.54, 1.807) is 17.0 Å². The summed E-state index contributed by atoms with van der Waals surface area (Å²) < 4.78 is 35.2. The van der Waals surface area contributed by atoms with Crippen molar-refractivity contribution in [2.75, 3.05) is 32.8 Å². The fraction of sp³-hybridized carbons (Fsp3) is 0.381. The third-order valence-electron chi connectivity index (χ3n) is 4.61. The fourth-order valence-corrected chi connectivity index (χ4v) is 3.28. The summed E-state index contributed by atoms with van der Waals surface area (Å²) in [6, 6.07) is 14.1. The Morgan fingerprint density at radius 1 is 1.07 bits per heavy atom. The van der Waals surface area contributed by atoms with E-state index in [4.69, 9.17) is 4.74 Å². The largest absolute Gasteiger partial charge is 0.494 e. The van der Waals surface area contributed by atoms with E-state index in [0.717, 1.165) is 17.9 Å². The van der Waals surface area contributed by atoms with Crippen LogP contribution < -0.4 is 9.47 Å². The number of para-hydroxylation sites is 1. The number of carbonyl (C=O) groups is 1. The molecule has 1 aliphatic heterocycles. The lowest BCUT2D eigenvalue weighted by Crippen LogP contribution is -2.48. The molecule has 0 unspecified atom stereocenters. The number of carbonyl (C=O) groups excluding carboxylic acids is 1. The molecule has 0 aromatic heterocycles. The molecule has 2 aromatic rings. The predicted molar refractivity (Wildman–Crippen MR) is 102 cm³/mol. The molecule has 1 heterocycles. The minimum atomic E-state index is -2.96. The summed E-state index contributed by atoms with van der Waals surface area (Å²) >= 11 is 0. The Morgan fingerprint density at radius 3 is 2.54 bits per heavy atom. The van der Waals surface area contributed by atoms with E-state index >= 15 is 0 Å². The standard InChI is InChI=1S/C21H24F2N2O3/c1-2-27-17-7-5-6-16(14-17)15-24-10-12-25(13-11-24)20(26)18-8-3-4-9-19(18)28-21(22)23/h3-9,14,21H,2,10-13,15H2,1H3. The monoisotopic (exact) mass is 390 g/mol. The number of halogens is 2. The Balaban J connectivity index is 1.58. The molecule has 1 fully saturated rings. The van der Waals surface area contributed by atoms with Gasteiger partial charge in [0.2, 0.25) is 0 Å². The van der Waals surface area contributed by atoms with Gasteiger partial charge in [0.1, 0.15) is 11.5 Å². The van der Waals surface area contributed by atoms with Crippen LogP contribution in [-0.2, 0) is 6.54 Å². The molecule has 0 N–H and O–H groups in total. The van der Waals surface area contributed by atoms with E-state index in [9.17, 15) is 13.6 Å². The van der Waals surface area contributed by atoms with Crippen LogP contribution in [0.4, 0.5) is 8.78 Å². The summed E-state index contributed by atoms with van der Waals surface area (Å²) in [4.78, 5) is 16.7. The van der Waals surface area contributed by atoms with Crippen molar-refractivity contribution in [3.8, 4) is 11.5 Å². The van der Waals surface area contributed by atoms with Gasteiger partial charge < -0.3 is 14.4 Å². The highest BCUT2D eigenvalue weighted by molar-refractivity contribution is 5.97. The number of benzene rings is 2. The topological polar surface area (TPSA) is 42.0 Å². The first-order chi connectivity index (χ1) is 13.6. The van der Waals surface area contributed by atoms with E-state index in [0.29, 0.717) is 32.8 Å². The van der Waals surface area contributed by atoms with Gasteiger partial charge in [0.05, 0.1) is 12.2 Å². The number of rotatable bonds is 7. The quantitative estimate of drug-likeness (QED) is 0.724. The number of alkyl halides is 2. The van der Waals surface area contributed by atoms with Gasteiger partial charge in [-0.2, -0.15) is 8.78 Å². The smallest absolute Gasteiger partial charge is 0.387 e. The van der Waals surface area contributed by atoms with Crippen molar-refractivity contribution in [2.24, 2.45) is 0 Å². The minimum Gasteiger partial charge on any atom is -0.494 e. The van der Waals surface area contributed by atoms with Gasteiger partial charge in [-0.25, -0.2) is 0 Å². The van der Waals surface area contributed by atoms with E-state index < -0.39 is 6.61 Å². The highest BCUT2D eigenvalue weighted by Gasteiger charge is 2.25. The third kappa shape index (κ3) is 5.19. The van der Waals surface area contributed by atoms with Crippen LogP contribution in [0.2, 0.25) is 0 Å². The zero-order valence-corrected chi connectivity index (χ0v) is 15.8. The van der Waals surface area contributed by atoms with Crippen molar-refractivity contribution in [3.05, 3.63) is 59.7 Å². The maximum atomic E-state index is 12.7. The molecule has 1 saturated heterocycles. The summed E-state index contributed by atoms with van der Waals surface area (Å²) in [6.07, 6.45) is 0. The Morgan fingerprint density at radius 2 is 1.82 bits per heavy atom. The van der Waals surface area contributed by atoms with Gasteiger partial charge in [-0.3, -0.25) is 9.69 Å². The maximum absolute atomic E-state index is 12.7. The normalized spacial score (nSPS) is 14.9. The second-order valence-corrected chi connectivity index (χ2v) is 6.52. The summed E-state index contributed by atoms with van der Waals surface area (Å²) in [5.74, 6) is 0.483. The summed E-state index contributed by atoms with van der Waals surface area (Å²) in [5.41, 5.74) is 1.32. The van der Waals surface area contributed by atoms with E-state index in [-0.39, 0.29) is 17.2 Å². The Hall–Kier alpha value is -2.67. The molecular formula is C21H24F2N2O3. The van der Waals surface area contributed by atoms with Crippen LogP contribution >= 0.6 is 0 Å². The molecule has 0 bridgehead atoms. The lowest BCUT2D eigenvalue weighted by atomic mass is 10.1. The number of hydrogen-bond acceptors (Lipinski definition) is 4. The Labute approximate surface area is 163 Å². The first kappa shape index (κ1) is 20.1. The van der Waals surface area contributed by atoms with E-state index in [1.807, 2.05) is 25.1 Å². The highest BCUT2D eigenvalue weighted by atomic mass is 19.3. The van der Waals surface area contributed by atoms with Crippen LogP contribution in [-0.4, -0.2) is 55.1 Å². The van der Waals surface area contributed by atoms with Crippen molar-refractivity contribution < 1.29 is 23.0 Å². The van der Waals surface area contributed by atoms with E-state index in [1.165, 1.54) is 12.1 Å². The zero-order valence-electron chi connectivity index (χ0n) is 15.8. The van der Waals surface area contributed by atoms with Crippen LogP contribution in [0.3, 0.4) is 0 Å². The first-order valence-electron chi connectivity index (χ1n) is 9.34. The molecule has 0 atom stereocenters. The average Bonchev–Trinajstić information content (AvgIpc) is 2.69. The molecule has 0 aliphatic carbocycles. The lowest BCUT2D eigenvalue weighted by Gasteiger charge is -2.35. The molecule has 5 nitrogen and oxygen atoms in total. The van der Waals surface area contributed by atoms with Crippen molar-refractivity contribution in [3.63, 3.8) is 0 Å². The molecular weight excluding hydrogens is 366 g/mol. The Bertz CT molecular complexity index is 793.